The summed E-state index contributed by atoms with van der Waals surface area (Å²) in [5.74, 6) is -0.206. The van der Waals surface area contributed by atoms with Crippen LogP contribution in [0.5, 0.6) is 0 Å². The maximum Gasteiger partial charge on any atom is 0.230 e. The number of anilines is 2. The highest BCUT2D eigenvalue weighted by atomic mass is 32.1. The van der Waals surface area contributed by atoms with Crippen LogP contribution in [0.2, 0.25) is 0 Å². The number of nitriles is 1. The van der Waals surface area contributed by atoms with E-state index in [9.17, 15) is 10.1 Å². The second-order valence-electron chi connectivity index (χ2n) is 8.44. The van der Waals surface area contributed by atoms with Gasteiger partial charge in [-0.15, -0.1) is 11.3 Å². The molecule has 32 heavy (non-hydrogen) atoms. The van der Waals surface area contributed by atoms with Gasteiger partial charge in [0.2, 0.25) is 5.91 Å². The van der Waals surface area contributed by atoms with Gasteiger partial charge in [0.25, 0.3) is 0 Å². The smallest absolute Gasteiger partial charge is 0.230 e. The number of hydrogen-bond acceptors (Lipinski definition) is 5. The van der Waals surface area contributed by atoms with Crippen LogP contribution in [0.15, 0.2) is 53.9 Å². The van der Waals surface area contributed by atoms with Crippen molar-refractivity contribution in [3.8, 4) is 6.07 Å². The Morgan fingerprint density at radius 3 is 2.72 bits per heavy atom. The van der Waals surface area contributed by atoms with Gasteiger partial charge in [-0.25, -0.2) is 4.98 Å². The summed E-state index contributed by atoms with van der Waals surface area (Å²) in [6, 6.07) is 18.8. The summed E-state index contributed by atoms with van der Waals surface area (Å²) in [6.45, 7) is 7.33. The van der Waals surface area contributed by atoms with Gasteiger partial charge in [-0.2, -0.15) is 5.26 Å². The zero-order chi connectivity index (χ0) is 22.7. The van der Waals surface area contributed by atoms with E-state index in [0.29, 0.717) is 11.7 Å². The predicted molar refractivity (Wildman–Crippen MR) is 129 cm³/mol. The monoisotopic (exact) mass is 444 g/mol. The van der Waals surface area contributed by atoms with Gasteiger partial charge in [-0.3, -0.25) is 14.6 Å². The van der Waals surface area contributed by atoms with Gasteiger partial charge in [0.15, 0.2) is 5.13 Å². The molecule has 1 aromatic heterocycles. The molecule has 2 aromatic carbocycles. The standard InChI is InChI=1S/C26H28N4OS/c1-18-11-12-23(14-19(18)2)30(20(3)31)26-28-22(17-32-26)16-29-13-7-10-25(29)24(15-27)21-8-5-4-6-9-21/h4-6,8-9,11-12,14,17,24-25H,7,10,13,16H2,1-3H3. The minimum Gasteiger partial charge on any atom is -0.293 e. The maximum atomic E-state index is 12.5. The number of amides is 1. The van der Waals surface area contributed by atoms with Gasteiger partial charge < -0.3 is 0 Å². The van der Waals surface area contributed by atoms with Crippen LogP contribution in [0.4, 0.5) is 10.8 Å². The summed E-state index contributed by atoms with van der Waals surface area (Å²) >= 11 is 1.49. The minimum atomic E-state index is -0.152. The Bertz CT molecular complexity index is 1130. The molecule has 2 unspecified atom stereocenters. The first kappa shape index (κ1) is 22.2. The van der Waals surface area contributed by atoms with Crippen LogP contribution < -0.4 is 4.90 Å². The molecule has 0 N–H and O–H groups in total. The average molecular weight is 445 g/mol. The van der Waals surface area contributed by atoms with E-state index in [1.165, 1.54) is 16.9 Å². The fourth-order valence-corrected chi connectivity index (χ4v) is 5.32. The summed E-state index contributed by atoms with van der Waals surface area (Å²) in [5.41, 5.74) is 5.20. The average Bonchev–Trinajstić information content (AvgIpc) is 3.42. The van der Waals surface area contributed by atoms with Gasteiger partial charge in [-0.1, -0.05) is 36.4 Å². The molecule has 0 spiro atoms. The molecule has 0 aliphatic carbocycles. The Morgan fingerprint density at radius 1 is 1.25 bits per heavy atom. The molecular formula is C26H28N4OS. The van der Waals surface area contributed by atoms with E-state index in [-0.39, 0.29) is 17.9 Å². The zero-order valence-electron chi connectivity index (χ0n) is 18.8. The number of likely N-dealkylation sites (tertiary alicyclic amines) is 1. The molecule has 1 amide bonds. The number of nitrogens with zero attached hydrogens (tertiary/aromatic N) is 4. The van der Waals surface area contributed by atoms with Gasteiger partial charge >= 0.3 is 0 Å². The molecule has 2 heterocycles. The predicted octanol–water partition coefficient (Wildman–Crippen LogP) is 5.72. The van der Waals surface area contributed by atoms with Gasteiger partial charge in [0.05, 0.1) is 23.4 Å². The van der Waals surface area contributed by atoms with Crippen LogP contribution in [0.3, 0.4) is 0 Å². The Kier molecular flexibility index (Phi) is 6.69. The Labute approximate surface area is 193 Å². The topological polar surface area (TPSA) is 60.2 Å². The number of benzene rings is 2. The lowest BCUT2D eigenvalue weighted by atomic mass is 9.91. The first-order chi connectivity index (χ1) is 15.5. The van der Waals surface area contributed by atoms with Crippen LogP contribution in [-0.2, 0) is 11.3 Å². The lowest BCUT2D eigenvalue weighted by molar-refractivity contribution is -0.115. The molecule has 3 aromatic rings. The third-order valence-electron chi connectivity index (χ3n) is 6.26. The SMILES string of the molecule is CC(=O)N(c1ccc(C)c(C)c1)c1nc(CN2CCCC2C(C#N)c2ccccc2)cs1. The van der Waals surface area contributed by atoms with Crippen molar-refractivity contribution in [3.63, 3.8) is 0 Å². The van der Waals surface area contributed by atoms with E-state index in [2.05, 4.69) is 24.8 Å². The summed E-state index contributed by atoms with van der Waals surface area (Å²) < 4.78 is 0. The van der Waals surface area contributed by atoms with Gasteiger partial charge in [0, 0.05) is 24.9 Å². The minimum absolute atomic E-state index is 0.0539. The highest BCUT2D eigenvalue weighted by Crippen LogP contribution is 2.34. The third-order valence-corrected chi connectivity index (χ3v) is 7.13. The van der Waals surface area contributed by atoms with Gasteiger partial charge in [0.1, 0.15) is 0 Å². The number of carbonyl (C=O) groups is 1. The van der Waals surface area contributed by atoms with Gasteiger partial charge in [-0.05, 0) is 62.1 Å². The first-order valence-corrected chi connectivity index (χ1v) is 11.9. The summed E-state index contributed by atoms with van der Waals surface area (Å²) in [6.07, 6.45) is 2.08. The fourth-order valence-electron chi connectivity index (χ4n) is 4.44. The molecule has 0 radical (unpaired) electrons. The van der Waals surface area contributed by atoms with E-state index in [1.807, 2.05) is 53.9 Å². The van der Waals surface area contributed by atoms with Crippen LogP contribution in [0.25, 0.3) is 0 Å². The number of thiazole rings is 1. The molecule has 1 aliphatic heterocycles. The van der Waals surface area contributed by atoms with Crippen LogP contribution in [-0.4, -0.2) is 28.4 Å². The summed E-state index contributed by atoms with van der Waals surface area (Å²) in [7, 11) is 0. The Hall–Kier alpha value is -3.01. The first-order valence-electron chi connectivity index (χ1n) is 11.0. The number of rotatable bonds is 6. The highest BCUT2D eigenvalue weighted by molar-refractivity contribution is 7.14. The molecule has 1 aliphatic rings. The lowest BCUT2D eigenvalue weighted by Gasteiger charge is -2.27. The molecule has 0 saturated carbocycles. The molecule has 2 atom stereocenters. The van der Waals surface area contributed by atoms with Crippen molar-refractivity contribution in [2.45, 2.75) is 52.1 Å². The van der Waals surface area contributed by atoms with Crippen molar-refractivity contribution >= 4 is 28.1 Å². The molecular weight excluding hydrogens is 416 g/mol. The Morgan fingerprint density at radius 2 is 2.03 bits per heavy atom. The Balaban J connectivity index is 1.54. The largest absolute Gasteiger partial charge is 0.293 e. The normalized spacial score (nSPS) is 17.1. The van der Waals surface area contributed by atoms with Crippen molar-refractivity contribution in [2.75, 3.05) is 11.4 Å². The number of hydrogen-bond donors (Lipinski definition) is 0. The van der Waals surface area contributed by atoms with Crippen LogP contribution in [0.1, 0.15) is 48.1 Å². The number of carbonyl (C=O) groups excluding carboxylic acids is 1. The second kappa shape index (κ2) is 9.64. The van der Waals surface area contributed by atoms with Crippen molar-refractivity contribution < 1.29 is 4.79 Å². The number of aromatic nitrogens is 1. The lowest BCUT2D eigenvalue weighted by Crippen LogP contribution is -2.33. The summed E-state index contributed by atoms with van der Waals surface area (Å²) in [5, 5.41) is 12.6. The fraction of sp³-hybridized carbons (Fsp3) is 0.346. The van der Waals surface area contributed by atoms with E-state index in [1.54, 1.807) is 11.8 Å². The molecule has 0 bridgehead atoms. The van der Waals surface area contributed by atoms with E-state index in [0.717, 1.165) is 41.9 Å². The number of aryl methyl sites for hydroxylation is 2. The highest BCUT2D eigenvalue weighted by Gasteiger charge is 2.33. The van der Waals surface area contributed by atoms with Crippen molar-refractivity contribution in [2.24, 2.45) is 0 Å². The maximum absolute atomic E-state index is 12.5. The second-order valence-corrected chi connectivity index (χ2v) is 9.28. The van der Waals surface area contributed by atoms with Crippen molar-refractivity contribution in [1.29, 1.82) is 5.26 Å². The van der Waals surface area contributed by atoms with Crippen molar-refractivity contribution in [1.82, 2.24) is 9.88 Å². The quantitative estimate of drug-likeness (QED) is 0.488. The zero-order valence-corrected chi connectivity index (χ0v) is 19.6. The van der Waals surface area contributed by atoms with Crippen LogP contribution in [0, 0.1) is 25.2 Å². The molecule has 1 fully saturated rings. The summed E-state index contributed by atoms with van der Waals surface area (Å²) in [4.78, 5) is 21.3. The third kappa shape index (κ3) is 4.59. The molecule has 6 heteroatoms. The molecule has 4 rings (SSSR count). The van der Waals surface area contributed by atoms with E-state index < -0.39 is 0 Å². The molecule has 1 saturated heterocycles. The molecule has 5 nitrogen and oxygen atoms in total. The van der Waals surface area contributed by atoms with Crippen molar-refractivity contribution in [3.05, 3.63) is 76.3 Å². The van der Waals surface area contributed by atoms with E-state index >= 15 is 0 Å². The molecule has 164 valence electrons. The van der Waals surface area contributed by atoms with E-state index in [4.69, 9.17) is 4.98 Å². The van der Waals surface area contributed by atoms with Crippen LogP contribution >= 0.6 is 11.3 Å².